The van der Waals surface area contributed by atoms with E-state index >= 15 is 0 Å². The fourth-order valence-corrected chi connectivity index (χ4v) is 2.14. The van der Waals surface area contributed by atoms with E-state index in [0.29, 0.717) is 5.69 Å². The molecule has 2 N–H and O–H groups in total. The zero-order chi connectivity index (χ0) is 16.7. The lowest BCUT2D eigenvalue weighted by atomic mass is 10.0. The highest BCUT2D eigenvalue weighted by atomic mass is 16.5. The number of aromatic amines is 1. The van der Waals surface area contributed by atoms with Crippen molar-refractivity contribution >= 4 is 17.7 Å². The van der Waals surface area contributed by atoms with Gasteiger partial charge in [0, 0.05) is 13.1 Å². The van der Waals surface area contributed by atoms with Gasteiger partial charge in [-0.3, -0.25) is 14.4 Å². The Morgan fingerprint density at radius 1 is 1.13 bits per heavy atom. The molecule has 1 aromatic carbocycles. The molecule has 0 spiro atoms. The molecule has 2 aromatic rings. The first-order valence-corrected chi connectivity index (χ1v) is 7.20. The number of ketones is 1. The van der Waals surface area contributed by atoms with E-state index in [4.69, 9.17) is 4.74 Å². The van der Waals surface area contributed by atoms with Gasteiger partial charge >= 0.3 is 5.97 Å². The minimum absolute atomic E-state index is 0.0401. The van der Waals surface area contributed by atoms with E-state index in [2.05, 4.69) is 10.3 Å². The smallest absolute Gasteiger partial charge is 0.308 e. The van der Waals surface area contributed by atoms with Crippen molar-refractivity contribution in [2.24, 2.45) is 0 Å². The quantitative estimate of drug-likeness (QED) is 0.604. The lowest BCUT2D eigenvalue weighted by Gasteiger charge is -2.17. The molecular formula is C17H18N2O4. The number of esters is 1. The molecule has 0 radical (unpaired) electrons. The van der Waals surface area contributed by atoms with Crippen molar-refractivity contribution in [1.82, 2.24) is 10.3 Å². The Kier molecular flexibility index (Phi) is 5.68. The van der Waals surface area contributed by atoms with Crippen LogP contribution in [0.25, 0.3) is 0 Å². The summed E-state index contributed by atoms with van der Waals surface area (Å²) < 4.78 is 5.00. The Bertz CT molecular complexity index is 665. The second-order valence-corrected chi connectivity index (χ2v) is 5.04. The highest BCUT2D eigenvalue weighted by molar-refractivity contribution is 5.96. The summed E-state index contributed by atoms with van der Waals surface area (Å²) in [7, 11) is 0. The molecule has 6 heteroatoms. The van der Waals surface area contributed by atoms with Crippen LogP contribution >= 0.6 is 0 Å². The molecule has 0 aliphatic heterocycles. The number of H-pyrrole nitrogens is 1. The number of carbonyl (C=O) groups excluding carboxylic acids is 3. The maximum Gasteiger partial charge on any atom is 0.308 e. The predicted octanol–water partition coefficient (Wildman–Crippen LogP) is 2.01. The molecule has 120 valence electrons. The van der Waals surface area contributed by atoms with Gasteiger partial charge in [0.25, 0.3) is 0 Å². The number of ether oxygens (including phenoxy) is 1. The minimum atomic E-state index is -0.549. The normalized spacial score (nSPS) is 11.5. The van der Waals surface area contributed by atoms with E-state index in [0.717, 1.165) is 5.56 Å². The summed E-state index contributed by atoms with van der Waals surface area (Å²) >= 11 is 0. The first kappa shape index (κ1) is 16.5. The number of benzene rings is 1. The highest BCUT2D eigenvalue weighted by Crippen LogP contribution is 2.17. The SMILES string of the molecule is CC(=O)N[C@H](CC(=O)OCC(=O)c1ccc[nH]1)c1ccccc1. The zero-order valence-corrected chi connectivity index (χ0v) is 12.7. The lowest BCUT2D eigenvalue weighted by molar-refractivity contribution is -0.143. The second-order valence-electron chi connectivity index (χ2n) is 5.04. The fraction of sp³-hybridized carbons (Fsp3) is 0.235. The van der Waals surface area contributed by atoms with Crippen molar-refractivity contribution in [3.05, 3.63) is 59.9 Å². The van der Waals surface area contributed by atoms with Crippen molar-refractivity contribution < 1.29 is 19.1 Å². The molecule has 0 aliphatic rings. The topological polar surface area (TPSA) is 88.3 Å². The lowest BCUT2D eigenvalue weighted by Crippen LogP contribution is -2.29. The third-order valence-electron chi connectivity index (χ3n) is 3.21. The van der Waals surface area contributed by atoms with Crippen molar-refractivity contribution in [3.8, 4) is 0 Å². The number of aromatic nitrogens is 1. The molecule has 0 bridgehead atoms. The molecule has 0 unspecified atom stereocenters. The molecule has 6 nitrogen and oxygen atoms in total. The van der Waals surface area contributed by atoms with E-state index in [9.17, 15) is 14.4 Å². The summed E-state index contributed by atoms with van der Waals surface area (Å²) in [6.07, 6.45) is 1.58. The van der Waals surface area contributed by atoms with Crippen LogP contribution in [0.2, 0.25) is 0 Å². The third kappa shape index (κ3) is 5.10. The van der Waals surface area contributed by atoms with E-state index < -0.39 is 12.0 Å². The first-order chi connectivity index (χ1) is 11.1. The summed E-state index contributed by atoms with van der Waals surface area (Å²) in [6.45, 7) is 1.05. The molecule has 1 aromatic heterocycles. The molecule has 1 atom stereocenters. The van der Waals surface area contributed by atoms with Crippen molar-refractivity contribution in [2.75, 3.05) is 6.61 Å². The molecule has 1 amide bonds. The van der Waals surface area contributed by atoms with E-state index in [1.54, 1.807) is 18.3 Å². The Morgan fingerprint density at radius 2 is 1.87 bits per heavy atom. The summed E-state index contributed by atoms with van der Waals surface area (Å²) in [5.74, 6) is -1.10. The van der Waals surface area contributed by atoms with Crippen LogP contribution in [0.5, 0.6) is 0 Å². The van der Waals surface area contributed by atoms with Gasteiger partial charge in [-0.2, -0.15) is 0 Å². The van der Waals surface area contributed by atoms with Crippen LogP contribution in [-0.2, 0) is 14.3 Å². The Balaban J connectivity index is 1.92. The summed E-state index contributed by atoms with van der Waals surface area (Å²) in [5.41, 5.74) is 1.19. The molecule has 0 saturated heterocycles. The monoisotopic (exact) mass is 314 g/mol. The standard InChI is InChI=1S/C17H18N2O4/c1-12(20)19-15(13-6-3-2-4-7-13)10-17(22)23-11-16(21)14-8-5-9-18-14/h2-9,15,18H,10-11H2,1H3,(H,19,20)/t15-/m1/s1. The Morgan fingerprint density at radius 3 is 2.48 bits per heavy atom. The van der Waals surface area contributed by atoms with Crippen molar-refractivity contribution in [2.45, 2.75) is 19.4 Å². The molecule has 1 heterocycles. The van der Waals surface area contributed by atoms with Gasteiger partial charge in [0.1, 0.15) is 0 Å². The number of carbonyl (C=O) groups is 3. The number of hydrogen-bond acceptors (Lipinski definition) is 4. The van der Waals surface area contributed by atoms with Crippen LogP contribution in [0.15, 0.2) is 48.7 Å². The average molecular weight is 314 g/mol. The van der Waals surface area contributed by atoms with Gasteiger partial charge in [-0.1, -0.05) is 30.3 Å². The van der Waals surface area contributed by atoms with Crippen LogP contribution in [-0.4, -0.2) is 29.3 Å². The summed E-state index contributed by atoms with van der Waals surface area (Å²) in [4.78, 5) is 37.8. The van der Waals surface area contributed by atoms with Crippen LogP contribution in [0.4, 0.5) is 0 Å². The zero-order valence-electron chi connectivity index (χ0n) is 12.7. The number of rotatable bonds is 7. The minimum Gasteiger partial charge on any atom is -0.457 e. The third-order valence-corrected chi connectivity index (χ3v) is 3.21. The number of nitrogens with one attached hydrogen (secondary N) is 2. The molecule has 0 saturated carbocycles. The molecule has 0 fully saturated rings. The van der Waals surface area contributed by atoms with E-state index in [1.165, 1.54) is 6.92 Å². The van der Waals surface area contributed by atoms with Crippen LogP contribution in [0, 0.1) is 0 Å². The molecular weight excluding hydrogens is 296 g/mol. The van der Waals surface area contributed by atoms with Crippen molar-refractivity contribution in [3.63, 3.8) is 0 Å². The first-order valence-electron chi connectivity index (χ1n) is 7.20. The second kappa shape index (κ2) is 7.93. The van der Waals surface area contributed by atoms with Gasteiger partial charge in [-0.25, -0.2) is 0 Å². The largest absolute Gasteiger partial charge is 0.457 e. The van der Waals surface area contributed by atoms with Gasteiger partial charge in [-0.05, 0) is 17.7 Å². The molecule has 0 aliphatic carbocycles. The van der Waals surface area contributed by atoms with Gasteiger partial charge in [-0.15, -0.1) is 0 Å². The predicted molar refractivity (Wildman–Crippen MR) is 83.7 cm³/mol. The van der Waals surface area contributed by atoms with E-state index in [1.807, 2.05) is 30.3 Å². The van der Waals surface area contributed by atoms with Gasteiger partial charge in [0.05, 0.1) is 18.2 Å². The summed E-state index contributed by atoms with van der Waals surface area (Å²) in [5, 5.41) is 2.71. The number of hydrogen-bond donors (Lipinski definition) is 2. The maximum absolute atomic E-state index is 11.9. The number of amides is 1. The van der Waals surface area contributed by atoms with Crippen LogP contribution in [0.1, 0.15) is 35.4 Å². The van der Waals surface area contributed by atoms with E-state index in [-0.39, 0.29) is 24.7 Å². The molecule has 2 rings (SSSR count). The Hall–Kier alpha value is -2.89. The fourth-order valence-electron chi connectivity index (χ4n) is 2.14. The van der Waals surface area contributed by atoms with Gasteiger partial charge in [0.15, 0.2) is 6.61 Å². The maximum atomic E-state index is 11.9. The van der Waals surface area contributed by atoms with Crippen LogP contribution in [0.3, 0.4) is 0 Å². The summed E-state index contributed by atoms with van der Waals surface area (Å²) in [6, 6.07) is 11.9. The van der Waals surface area contributed by atoms with Gasteiger partial charge < -0.3 is 15.0 Å². The average Bonchev–Trinajstić information content (AvgIpc) is 3.07. The van der Waals surface area contributed by atoms with Crippen LogP contribution < -0.4 is 5.32 Å². The van der Waals surface area contributed by atoms with Gasteiger partial charge in [0.2, 0.25) is 11.7 Å². The highest BCUT2D eigenvalue weighted by Gasteiger charge is 2.19. The molecule has 23 heavy (non-hydrogen) atoms. The Labute approximate surface area is 133 Å². The number of Topliss-reactive ketones (excluding diaryl/α,β-unsaturated/α-hetero) is 1. The van der Waals surface area contributed by atoms with Crippen molar-refractivity contribution in [1.29, 1.82) is 0 Å².